The first kappa shape index (κ1) is 12.4. The van der Waals surface area contributed by atoms with Gasteiger partial charge in [-0.05, 0) is 30.5 Å². The molecule has 1 heterocycles. The first-order valence-corrected chi connectivity index (χ1v) is 6.17. The van der Waals surface area contributed by atoms with E-state index in [0.717, 1.165) is 24.2 Å². The molecule has 94 valence electrons. The molecule has 17 heavy (non-hydrogen) atoms. The predicted molar refractivity (Wildman–Crippen MR) is 66.2 cm³/mol. The maximum Gasteiger partial charge on any atom is 0.118 e. The Morgan fingerprint density at radius 2 is 2.12 bits per heavy atom. The lowest BCUT2D eigenvalue weighted by atomic mass is 9.83. The van der Waals surface area contributed by atoms with Crippen LogP contribution in [0.3, 0.4) is 0 Å². The van der Waals surface area contributed by atoms with Crippen LogP contribution in [0.1, 0.15) is 31.7 Å². The summed E-state index contributed by atoms with van der Waals surface area (Å²) >= 11 is 0. The summed E-state index contributed by atoms with van der Waals surface area (Å²) < 4.78 is 11.1. The number of hydrogen-bond acceptors (Lipinski definition) is 3. The third-order valence-corrected chi connectivity index (χ3v) is 3.58. The van der Waals surface area contributed by atoms with Crippen LogP contribution >= 0.6 is 0 Å². The predicted octanol–water partition coefficient (Wildman–Crippen LogP) is 2.47. The average molecular weight is 236 g/mol. The van der Waals surface area contributed by atoms with Crippen molar-refractivity contribution in [3.05, 3.63) is 29.8 Å². The zero-order valence-electron chi connectivity index (χ0n) is 10.5. The quantitative estimate of drug-likeness (QED) is 0.876. The molecule has 2 atom stereocenters. The van der Waals surface area contributed by atoms with Gasteiger partial charge in [0.2, 0.25) is 0 Å². The molecule has 1 N–H and O–H groups in total. The summed E-state index contributed by atoms with van der Waals surface area (Å²) in [6.07, 6.45) is 2.02. The molecule has 0 aliphatic carbocycles. The Kier molecular flexibility index (Phi) is 3.69. The Morgan fingerprint density at radius 3 is 2.65 bits per heavy atom. The molecule has 0 bridgehead atoms. The maximum atomic E-state index is 9.83. The standard InChI is InChI=1S/C14H20O3/c1-3-14(10-12(15)8-9-17-14)11-4-6-13(16-2)7-5-11/h4-7,12,15H,3,8-10H2,1-2H3. The van der Waals surface area contributed by atoms with Gasteiger partial charge in [0.1, 0.15) is 5.75 Å². The summed E-state index contributed by atoms with van der Waals surface area (Å²) in [6.45, 7) is 2.73. The zero-order valence-corrected chi connectivity index (χ0v) is 10.5. The van der Waals surface area contributed by atoms with Crippen LogP contribution in [0.25, 0.3) is 0 Å². The molecular formula is C14H20O3. The number of rotatable bonds is 3. The van der Waals surface area contributed by atoms with E-state index >= 15 is 0 Å². The second-order valence-corrected chi connectivity index (χ2v) is 4.57. The van der Waals surface area contributed by atoms with Crippen molar-refractivity contribution in [2.45, 2.75) is 37.9 Å². The van der Waals surface area contributed by atoms with E-state index in [-0.39, 0.29) is 11.7 Å². The van der Waals surface area contributed by atoms with Crippen molar-refractivity contribution >= 4 is 0 Å². The van der Waals surface area contributed by atoms with E-state index in [1.54, 1.807) is 7.11 Å². The van der Waals surface area contributed by atoms with Crippen LogP contribution in [0.2, 0.25) is 0 Å². The van der Waals surface area contributed by atoms with Crippen molar-refractivity contribution in [3.8, 4) is 5.75 Å². The molecule has 2 unspecified atom stereocenters. The van der Waals surface area contributed by atoms with E-state index in [9.17, 15) is 5.11 Å². The Bertz CT molecular complexity index is 360. The highest BCUT2D eigenvalue weighted by Crippen LogP contribution is 2.38. The molecule has 2 rings (SSSR count). The van der Waals surface area contributed by atoms with Crippen LogP contribution in [0, 0.1) is 0 Å². The van der Waals surface area contributed by atoms with Gasteiger partial charge in [-0.3, -0.25) is 0 Å². The topological polar surface area (TPSA) is 38.7 Å². The zero-order chi connectivity index (χ0) is 12.3. The second-order valence-electron chi connectivity index (χ2n) is 4.57. The summed E-state index contributed by atoms with van der Waals surface area (Å²) in [5.74, 6) is 0.844. The molecule has 1 aromatic rings. The molecule has 1 saturated heterocycles. The minimum atomic E-state index is -0.329. The van der Waals surface area contributed by atoms with Gasteiger partial charge in [0, 0.05) is 6.42 Å². The molecular weight excluding hydrogens is 216 g/mol. The number of aliphatic hydroxyl groups excluding tert-OH is 1. The number of benzene rings is 1. The molecule has 1 aromatic carbocycles. The Morgan fingerprint density at radius 1 is 1.41 bits per heavy atom. The van der Waals surface area contributed by atoms with Gasteiger partial charge in [0.15, 0.2) is 0 Å². The normalized spacial score (nSPS) is 29.0. The van der Waals surface area contributed by atoms with Crippen molar-refractivity contribution in [2.24, 2.45) is 0 Å². The van der Waals surface area contributed by atoms with Crippen molar-refractivity contribution in [2.75, 3.05) is 13.7 Å². The molecule has 0 aromatic heterocycles. The minimum Gasteiger partial charge on any atom is -0.497 e. The fourth-order valence-electron chi connectivity index (χ4n) is 2.48. The van der Waals surface area contributed by atoms with Crippen LogP contribution in [-0.4, -0.2) is 24.9 Å². The van der Waals surface area contributed by atoms with Gasteiger partial charge in [0.05, 0.1) is 25.4 Å². The molecule has 1 aliphatic heterocycles. The molecule has 3 nitrogen and oxygen atoms in total. The fourth-order valence-corrected chi connectivity index (χ4v) is 2.48. The van der Waals surface area contributed by atoms with Gasteiger partial charge in [-0.1, -0.05) is 19.1 Å². The number of ether oxygens (including phenoxy) is 2. The highest BCUT2D eigenvalue weighted by Gasteiger charge is 2.37. The lowest BCUT2D eigenvalue weighted by Gasteiger charge is -2.39. The van der Waals surface area contributed by atoms with E-state index in [0.29, 0.717) is 13.0 Å². The van der Waals surface area contributed by atoms with Crippen LogP contribution < -0.4 is 4.74 Å². The average Bonchev–Trinajstić information content (AvgIpc) is 2.38. The lowest BCUT2D eigenvalue weighted by Crippen LogP contribution is -2.39. The second kappa shape index (κ2) is 5.07. The summed E-state index contributed by atoms with van der Waals surface area (Å²) in [5.41, 5.74) is 0.795. The van der Waals surface area contributed by atoms with Gasteiger partial charge in [-0.25, -0.2) is 0 Å². The van der Waals surface area contributed by atoms with Gasteiger partial charge in [-0.15, -0.1) is 0 Å². The third-order valence-electron chi connectivity index (χ3n) is 3.58. The molecule has 1 aliphatic rings. The first-order chi connectivity index (χ1) is 8.20. The monoisotopic (exact) mass is 236 g/mol. The number of aliphatic hydroxyl groups is 1. The molecule has 0 spiro atoms. The molecule has 0 saturated carbocycles. The number of hydrogen-bond donors (Lipinski definition) is 1. The van der Waals surface area contributed by atoms with Gasteiger partial charge in [0.25, 0.3) is 0 Å². The first-order valence-electron chi connectivity index (χ1n) is 6.17. The van der Waals surface area contributed by atoms with Crippen molar-refractivity contribution in [1.82, 2.24) is 0 Å². The maximum absolute atomic E-state index is 9.83. The van der Waals surface area contributed by atoms with Gasteiger partial charge in [-0.2, -0.15) is 0 Å². The lowest BCUT2D eigenvalue weighted by molar-refractivity contribution is -0.125. The molecule has 0 amide bonds. The summed E-state index contributed by atoms with van der Waals surface area (Å²) in [4.78, 5) is 0. The highest BCUT2D eigenvalue weighted by molar-refractivity contribution is 5.31. The number of methoxy groups -OCH3 is 1. The van der Waals surface area contributed by atoms with E-state index < -0.39 is 0 Å². The SMILES string of the molecule is CCC1(c2ccc(OC)cc2)CC(O)CCO1. The molecule has 1 fully saturated rings. The van der Waals surface area contributed by atoms with Crippen LogP contribution in [0.4, 0.5) is 0 Å². The largest absolute Gasteiger partial charge is 0.497 e. The summed E-state index contributed by atoms with van der Waals surface area (Å²) in [7, 11) is 1.66. The summed E-state index contributed by atoms with van der Waals surface area (Å²) in [5, 5.41) is 9.83. The Balaban J connectivity index is 2.26. The summed E-state index contributed by atoms with van der Waals surface area (Å²) in [6, 6.07) is 7.94. The van der Waals surface area contributed by atoms with E-state index in [2.05, 4.69) is 6.92 Å². The Labute approximate surface area is 102 Å². The van der Waals surface area contributed by atoms with E-state index in [1.165, 1.54) is 0 Å². The van der Waals surface area contributed by atoms with Crippen molar-refractivity contribution in [3.63, 3.8) is 0 Å². The van der Waals surface area contributed by atoms with Crippen molar-refractivity contribution in [1.29, 1.82) is 0 Å². The minimum absolute atomic E-state index is 0.259. The molecule has 0 radical (unpaired) electrons. The van der Waals surface area contributed by atoms with E-state index in [1.807, 2.05) is 24.3 Å². The van der Waals surface area contributed by atoms with E-state index in [4.69, 9.17) is 9.47 Å². The van der Waals surface area contributed by atoms with Gasteiger partial charge < -0.3 is 14.6 Å². The van der Waals surface area contributed by atoms with Crippen LogP contribution in [-0.2, 0) is 10.3 Å². The third kappa shape index (κ3) is 2.45. The highest BCUT2D eigenvalue weighted by atomic mass is 16.5. The van der Waals surface area contributed by atoms with Crippen LogP contribution in [0.5, 0.6) is 5.75 Å². The van der Waals surface area contributed by atoms with Crippen molar-refractivity contribution < 1.29 is 14.6 Å². The fraction of sp³-hybridized carbons (Fsp3) is 0.571. The molecule has 3 heteroatoms. The smallest absolute Gasteiger partial charge is 0.118 e. The van der Waals surface area contributed by atoms with Gasteiger partial charge >= 0.3 is 0 Å². The Hall–Kier alpha value is -1.06. The van der Waals surface area contributed by atoms with Crippen LogP contribution in [0.15, 0.2) is 24.3 Å².